The fourth-order valence-corrected chi connectivity index (χ4v) is 4.89. The molecule has 1 atom stereocenters. The Morgan fingerprint density at radius 3 is 2.32 bits per heavy atom. The molecule has 4 aromatic rings. The Morgan fingerprint density at radius 2 is 1.66 bits per heavy atom. The first-order valence-corrected chi connectivity index (χ1v) is 12.6. The highest BCUT2D eigenvalue weighted by Gasteiger charge is 2.25. The van der Waals surface area contributed by atoms with Gasteiger partial charge in [-0.2, -0.15) is 0 Å². The summed E-state index contributed by atoms with van der Waals surface area (Å²) < 4.78 is 30.2. The number of benzene rings is 3. The van der Waals surface area contributed by atoms with Crippen molar-refractivity contribution in [2.75, 3.05) is 18.4 Å². The number of hydrogen-bond donors (Lipinski definition) is 1. The first-order valence-electron chi connectivity index (χ1n) is 12.6. The van der Waals surface area contributed by atoms with Gasteiger partial charge in [0.1, 0.15) is 5.82 Å². The summed E-state index contributed by atoms with van der Waals surface area (Å²) in [5, 5.41) is 2.86. The van der Waals surface area contributed by atoms with E-state index in [0.29, 0.717) is 41.6 Å². The van der Waals surface area contributed by atoms with E-state index in [1.165, 1.54) is 24.3 Å². The molecule has 1 N–H and O–H groups in total. The second-order valence-corrected chi connectivity index (χ2v) is 9.55. The second kappa shape index (κ2) is 11.0. The van der Waals surface area contributed by atoms with Crippen LogP contribution in [0, 0.1) is 5.82 Å². The van der Waals surface area contributed by atoms with E-state index in [1.54, 1.807) is 53.2 Å². The van der Waals surface area contributed by atoms with Crippen LogP contribution in [0.3, 0.4) is 0 Å². The van der Waals surface area contributed by atoms with Crippen LogP contribution in [0.5, 0.6) is 0 Å². The lowest BCUT2D eigenvalue weighted by atomic mass is 9.89. The molecule has 5 rings (SSSR count). The third-order valence-electron chi connectivity index (χ3n) is 7.01. The number of nitrogens with one attached hydrogen (secondary N) is 1. The zero-order valence-corrected chi connectivity index (χ0v) is 21.0. The quantitative estimate of drug-likeness (QED) is 0.349. The second-order valence-electron chi connectivity index (χ2n) is 9.55. The van der Waals surface area contributed by atoms with Gasteiger partial charge in [0.15, 0.2) is 12.0 Å². The third kappa shape index (κ3) is 5.49. The van der Waals surface area contributed by atoms with Gasteiger partial charge in [-0.1, -0.05) is 36.4 Å². The van der Waals surface area contributed by atoms with Crippen molar-refractivity contribution >= 4 is 17.5 Å². The number of hydrogen-bond acceptors (Lipinski definition) is 3. The summed E-state index contributed by atoms with van der Waals surface area (Å²) in [5.74, 6) is -0.259. The number of alkyl halides is 1. The van der Waals surface area contributed by atoms with Crippen LogP contribution in [0.15, 0.2) is 85.2 Å². The number of imidazole rings is 1. The van der Waals surface area contributed by atoms with Crippen molar-refractivity contribution in [3.8, 4) is 0 Å². The maximum Gasteiger partial charge on any atom is 0.291 e. The average Bonchev–Trinajstić information content (AvgIpc) is 3.39. The zero-order valence-electron chi connectivity index (χ0n) is 21.0. The van der Waals surface area contributed by atoms with Gasteiger partial charge in [-0.25, -0.2) is 13.8 Å². The number of likely N-dealkylation sites (tertiary alicyclic amines) is 1. The van der Waals surface area contributed by atoms with Crippen LogP contribution in [0.4, 0.5) is 14.5 Å². The molecule has 0 spiro atoms. The van der Waals surface area contributed by atoms with Crippen LogP contribution in [0.25, 0.3) is 0 Å². The molecule has 6 nitrogen and oxygen atoms in total. The molecule has 1 unspecified atom stereocenters. The van der Waals surface area contributed by atoms with Gasteiger partial charge in [-0.05, 0) is 71.8 Å². The predicted molar refractivity (Wildman–Crippen MR) is 141 cm³/mol. The molecule has 0 radical (unpaired) electrons. The molecular formula is C30H28F2N4O2. The van der Waals surface area contributed by atoms with E-state index >= 15 is 4.39 Å². The number of aromatic nitrogens is 2. The molecule has 3 aromatic carbocycles. The molecule has 1 saturated heterocycles. The lowest BCUT2D eigenvalue weighted by molar-refractivity contribution is 0.0712. The number of halogens is 2. The topological polar surface area (TPSA) is 67.2 Å². The normalized spacial score (nSPS) is 14.8. The van der Waals surface area contributed by atoms with Crippen LogP contribution in [0.2, 0.25) is 0 Å². The summed E-state index contributed by atoms with van der Waals surface area (Å²) in [6.07, 6.45) is 3.40. The molecule has 8 heteroatoms. The molecule has 2 amide bonds. The van der Waals surface area contributed by atoms with Gasteiger partial charge in [0.2, 0.25) is 0 Å². The predicted octanol–water partition coefficient (Wildman–Crippen LogP) is 5.89. The molecular weight excluding hydrogens is 486 g/mol. The molecule has 1 aliphatic heterocycles. The molecule has 1 aliphatic rings. The minimum Gasteiger partial charge on any atom is -0.339 e. The standard InChI is InChI=1S/C30H28F2N4O2/c1-35-17-14-33-28(35)29(37)34-26-10-8-20(9-11-26)21-12-15-36(16-13-21)30(38)24-6-2-4-22(18-24)27(32)23-5-3-7-25(31)19-23/h2-11,14,17-19,21,27H,12-13,15-16H2,1H3,(H,34,37). The Hall–Kier alpha value is -4.33. The van der Waals surface area contributed by atoms with Gasteiger partial charge in [0.05, 0.1) is 0 Å². The van der Waals surface area contributed by atoms with E-state index in [4.69, 9.17) is 0 Å². The summed E-state index contributed by atoms with van der Waals surface area (Å²) in [4.78, 5) is 31.4. The average molecular weight is 515 g/mol. The third-order valence-corrected chi connectivity index (χ3v) is 7.01. The van der Waals surface area contributed by atoms with Crippen LogP contribution in [-0.4, -0.2) is 39.4 Å². The Labute approximate surface area is 219 Å². The smallest absolute Gasteiger partial charge is 0.291 e. The summed E-state index contributed by atoms with van der Waals surface area (Å²) in [7, 11) is 1.77. The minimum atomic E-state index is -1.51. The van der Waals surface area contributed by atoms with E-state index in [2.05, 4.69) is 10.3 Å². The van der Waals surface area contributed by atoms with Gasteiger partial charge in [0, 0.05) is 43.8 Å². The van der Waals surface area contributed by atoms with Gasteiger partial charge in [0.25, 0.3) is 11.8 Å². The van der Waals surface area contributed by atoms with Crippen molar-refractivity contribution in [1.82, 2.24) is 14.5 Å². The number of anilines is 1. The number of carbonyl (C=O) groups is 2. The fourth-order valence-electron chi connectivity index (χ4n) is 4.89. The van der Waals surface area contributed by atoms with E-state index in [1.807, 2.05) is 24.3 Å². The van der Waals surface area contributed by atoms with Gasteiger partial charge < -0.3 is 14.8 Å². The largest absolute Gasteiger partial charge is 0.339 e. The molecule has 0 saturated carbocycles. The molecule has 2 heterocycles. The highest BCUT2D eigenvalue weighted by molar-refractivity contribution is 6.01. The lowest BCUT2D eigenvalue weighted by Gasteiger charge is -2.32. The number of carbonyl (C=O) groups excluding carboxylic acids is 2. The number of amides is 2. The maximum absolute atomic E-state index is 15.0. The van der Waals surface area contributed by atoms with Gasteiger partial charge >= 0.3 is 0 Å². The van der Waals surface area contributed by atoms with Crippen molar-refractivity contribution in [2.45, 2.75) is 24.9 Å². The summed E-state index contributed by atoms with van der Waals surface area (Å²) in [5.41, 5.74) is 2.82. The van der Waals surface area contributed by atoms with Crippen LogP contribution in [0.1, 0.15) is 62.6 Å². The zero-order chi connectivity index (χ0) is 26.6. The van der Waals surface area contributed by atoms with Crippen LogP contribution in [-0.2, 0) is 7.05 Å². The van der Waals surface area contributed by atoms with Crippen molar-refractivity contribution in [2.24, 2.45) is 7.05 Å². The van der Waals surface area contributed by atoms with Crippen LogP contribution < -0.4 is 5.32 Å². The Balaban J connectivity index is 1.18. The Morgan fingerprint density at radius 1 is 0.974 bits per heavy atom. The van der Waals surface area contributed by atoms with Crippen molar-refractivity contribution in [1.29, 1.82) is 0 Å². The maximum atomic E-state index is 15.0. The van der Waals surface area contributed by atoms with E-state index in [9.17, 15) is 14.0 Å². The van der Waals surface area contributed by atoms with Crippen molar-refractivity contribution < 1.29 is 18.4 Å². The number of rotatable bonds is 6. The van der Waals surface area contributed by atoms with Crippen molar-refractivity contribution in [3.05, 3.63) is 119 Å². The highest BCUT2D eigenvalue weighted by atomic mass is 19.1. The van der Waals surface area contributed by atoms with Crippen molar-refractivity contribution in [3.63, 3.8) is 0 Å². The Bertz CT molecular complexity index is 1440. The molecule has 0 bridgehead atoms. The SMILES string of the molecule is Cn1ccnc1C(=O)Nc1ccc(C2CCN(C(=O)c3cccc(C(F)c4cccc(F)c4)c3)CC2)cc1. The first-order chi connectivity index (χ1) is 18.4. The highest BCUT2D eigenvalue weighted by Crippen LogP contribution is 2.31. The fraction of sp³-hybridized carbons (Fsp3) is 0.233. The summed E-state index contributed by atoms with van der Waals surface area (Å²) in [6, 6.07) is 19.8. The van der Waals surface area contributed by atoms with Gasteiger partial charge in [-0.15, -0.1) is 0 Å². The molecule has 1 fully saturated rings. The molecule has 194 valence electrons. The van der Waals surface area contributed by atoms with Crippen LogP contribution >= 0.6 is 0 Å². The monoisotopic (exact) mass is 514 g/mol. The molecule has 1 aromatic heterocycles. The first kappa shape index (κ1) is 25.3. The number of aryl methyl sites for hydroxylation is 1. The van der Waals surface area contributed by atoms with E-state index < -0.39 is 12.0 Å². The molecule has 38 heavy (non-hydrogen) atoms. The summed E-state index contributed by atoms with van der Waals surface area (Å²) in [6.45, 7) is 1.18. The minimum absolute atomic E-state index is 0.135. The van der Waals surface area contributed by atoms with E-state index in [-0.39, 0.29) is 17.4 Å². The van der Waals surface area contributed by atoms with Gasteiger partial charge in [-0.3, -0.25) is 9.59 Å². The number of piperidine rings is 1. The molecule has 0 aliphatic carbocycles. The summed E-state index contributed by atoms with van der Waals surface area (Å²) >= 11 is 0. The number of nitrogens with zero attached hydrogens (tertiary/aromatic N) is 3. The lowest BCUT2D eigenvalue weighted by Crippen LogP contribution is -2.38. The van der Waals surface area contributed by atoms with E-state index in [0.717, 1.165) is 18.4 Å². The Kier molecular flexibility index (Phi) is 7.31.